The molecule has 0 radical (unpaired) electrons. The molecule has 0 unspecified atom stereocenters. The van der Waals surface area contributed by atoms with E-state index in [1.165, 1.54) is 42.6 Å². The molecule has 0 spiro atoms. The first-order valence-electron chi connectivity index (χ1n) is 9.49. The molecule has 0 aliphatic carbocycles. The zero-order valence-electron chi connectivity index (χ0n) is 15.3. The largest absolute Gasteiger partial charge is 0.313 e. The molecule has 0 aromatic heterocycles. The monoisotopic (exact) mass is 334 g/mol. The summed E-state index contributed by atoms with van der Waals surface area (Å²) in [7, 11) is 0. The van der Waals surface area contributed by atoms with Crippen molar-refractivity contribution in [1.82, 2.24) is 10.2 Å². The number of hydrogen-bond donors (Lipinski definition) is 1. The van der Waals surface area contributed by atoms with Crippen molar-refractivity contribution in [3.8, 4) is 0 Å². The van der Waals surface area contributed by atoms with Crippen molar-refractivity contribution in [1.29, 1.82) is 0 Å². The number of hydrogen-bond acceptors (Lipinski definition) is 2. The Labute approximate surface area is 152 Å². The van der Waals surface area contributed by atoms with Gasteiger partial charge >= 0.3 is 0 Å². The number of nitrogens with zero attached hydrogens (tertiary/aromatic N) is 1. The third kappa shape index (κ3) is 6.15. The van der Waals surface area contributed by atoms with E-state index in [-0.39, 0.29) is 0 Å². The number of rotatable bonds is 7. The summed E-state index contributed by atoms with van der Waals surface area (Å²) in [4.78, 5) is 2.59. The van der Waals surface area contributed by atoms with Gasteiger partial charge in [0, 0.05) is 13.1 Å². The van der Waals surface area contributed by atoms with Crippen LogP contribution in [0, 0.1) is 5.92 Å². The summed E-state index contributed by atoms with van der Waals surface area (Å²) >= 11 is 0. The Hall–Kier alpha value is -1.90. The topological polar surface area (TPSA) is 15.3 Å². The van der Waals surface area contributed by atoms with Crippen LogP contribution < -0.4 is 5.32 Å². The quantitative estimate of drug-likeness (QED) is 0.796. The van der Waals surface area contributed by atoms with Gasteiger partial charge in [-0.3, -0.25) is 4.90 Å². The van der Waals surface area contributed by atoms with Gasteiger partial charge in [-0.1, -0.05) is 72.3 Å². The molecule has 25 heavy (non-hydrogen) atoms. The lowest BCUT2D eigenvalue weighted by molar-refractivity contribution is 0.176. The molecule has 132 valence electrons. The van der Waals surface area contributed by atoms with Crippen molar-refractivity contribution in [3.05, 3.63) is 77.4 Å². The Balaban J connectivity index is 1.35. The van der Waals surface area contributed by atoms with Crippen LogP contribution in [0.1, 0.15) is 30.9 Å². The second-order valence-electron chi connectivity index (χ2n) is 7.24. The number of nitrogens with one attached hydrogen (secondary N) is 1. The molecule has 1 saturated heterocycles. The van der Waals surface area contributed by atoms with Gasteiger partial charge in [-0.2, -0.15) is 0 Å². The van der Waals surface area contributed by atoms with Gasteiger partial charge in [-0.05, 0) is 56.4 Å². The molecule has 3 rings (SSSR count). The summed E-state index contributed by atoms with van der Waals surface area (Å²) in [6.45, 7) is 7.88. The number of piperidine rings is 1. The van der Waals surface area contributed by atoms with Gasteiger partial charge in [0.05, 0.1) is 0 Å². The van der Waals surface area contributed by atoms with E-state index in [1.807, 2.05) is 0 Å². The smallest absolute Gasteiger partial charge is 0.0233 e. The van der Waals surface area contributed by atoms with E-state index in [0.717, 1.165) is 25.6 Å². The predicted octanol–water partition coefficient (Wildman–Crippen LogP) is 4.59. The third-order valence-electron chi connectivity index (χ3n) is 5.01. The van der Waals surface area contributed by atoms with Crippen molar-refractivity contribution in [2.24, 2.45) is 5.92 Å². The molecule has 0 saturated carbocycles. The van der Waals surface area contributed by atoms with Gasteiger partial charge in [-0.25, -0.2) is 0 Å². The zero-order valence-corrected chi connectivity index (χ0v) is 15.3. The molecule has 2 heteroatoms. The van der Waals surface area contributed by atoms with E-state index in [2.05, 4.69) is 83.9 Å². The lowest BCUT2D eigenvalue weighted by Crippen LogP contribution is -2.37. The van der Waals surface area contributed by atoms with Crippen LogP contribution in [0.3, 0.4) is 0 Å². The first-order chi connectivity index (χ1) is 12.3. The molecule has 0 amide bonds. The van der Waals surface area contributed by atoms with Crippen LogP contribution in [0.5, 0.6) is 0 Å². The van der Waals surface area contributed by atoms with Crippen LogP contribution in [-0.2, 0) is 6.54 Å². The van der Waals surface area contributed by atoms with E-state index in [4.69, 9.17) is 0 Å². The standard InChI is InChI=1S/C23H30N2/c1-20(16-21-8-4-2-5-9-21)17-24-18-22-12-14-25(15-13-22)19-23-10-6-3-7-11-23/h2-11,16,22,24H,12-15,17-19H2,1H3. The van der Waals surface area contributed by atoms with Gasteiger partial charge in [0.1, 0.15) is 0 Å². The fraction of sp³-hybridized carbons (Fsp3) is 0.391. The second-order valence-corrected chi connectivity index (χ2v) is 7.24. The number of benzene rings is 2. The summed E-state index contributed by atoms with van der Waals surface area (Å²) in [5.74, 6) is 0.816. The van der Waals surface area contributed by atoms with E-state index in [9.17, 15) is 0 Å². The molecule has 2 nitrogen and oxygen atoms in total. The van der Waals surface area contributed by atoms with E-state index >= 15 is 0 Å². The van der Waals surface area contributed by atoms with Crippen LogP contribution in [-0.4, -0.2) is 31.1 Å². The van der Waals surface area contributed by atoms with Crippen molar-refractivity contribution < 1.29 is 0 Å². The van der Waals surface area contributed by atoms with Crippen LogP contribution in [0.15, 0.2) is 66.2 Å². The summed E-state index contributed by atoms with van der Waals surface area (Å²) in [6, 6.07) is 21.4. The van der Waals surface area contributed by atoms with Crippen molar-refractivity contribution in [2.45, 2.75) is 26.3 Å². The van der Waals surface area contributed by atoms with Crippen molar-refractivity contribution in [3.63, 3.8) is 0 Å². The van der Waals surface area contributed by atoms with Crippen molar-refractivity contribution in [2.75, 3.05) is 26.2 Å². The molecule has 0 atom stereocenters. The Morgan fingerprint density at radius 1 is 1.00 bits per heavy atom. The first kappa shape index (κ1) is 17.9. The van der Waals surface area contributed by atoms with Crippen LogP contribution in [0.2, 0.25) is 0 Å². The van der Waals surface area contributed by atoms with Crippen molar-refractivity contribution >= 4 is 6.08 Å². The molecular weight excluding hydrogens is 304 g/mol. The van der Waals surface area contributed by atoms with Gasteiger partial charge in [0.15, 0.2) is 0 Å². The first-order valence-corrected chi connectivity index (χ1v) is 9.49. The Bertz CT molecular complexity index is 640. The molecule has 2 aromatic carbocycles. The lowest BCUT2D eigenvalue weighted by atomic mass is 9.96. The maximum atomic E-state index is 3.65. The SMILES string of the molecule is CC(=Cc1ccccc1)CNCC1CCN(Cc2ccccc2)CC1. The minimum Gasteiger partial charge on any atom is -0.313 e. The highest BCUT2D eigenvalue weighted by Gasteiger charge is 2.18. The average Bonchev–Trinajstić information content (AvgIpc) is 2.65. The Kier molecular flexibility index (Phi) is 6.84. The normalized spacial score (nSPS) is 16.9. The fourth-order valence-corrected chi connectivity index (χ4v) is 3.55. The summed E-state index contributed by atoms with van der Waals surface area (Å²) in [5.41, 5.74) is 4.12. The zero-order chi connectivity index (χ0) is 17.3. The molecule has 1 N–H and O–H groups in total. The summed E-state index contributed by atoms with van der Waals surface area (Å²) in [6.07, 6.45) is 4.89. The molecule has 1 fully saturated rings. The maximum Gasteiger partial charge on any atom is 0.0233 e. The maximum absolute atomic E-state index is 3.65. The van der Waals surface area contributed by atoms with Crippen LogP contribution in [0.4, 0.5) is 0 Å². The number of likely N-dealkylation sites (tertiary alicyclic amines) is 1. The molecule has 1 aliphatic rings. The highest BCUT2D eigenvalue weighted by molar-refractivity contribution is 5.52. The molecule has 1 aliphatic heterocycles. The van der Waals surface area contributed by atoms with Gasteiger partial charge in [0.25, 0.3) is 0 Å². The molecule has 0 bridgehead atoms. The van der Waals surface area contributed by atoms with E-state index in [0.29, 0.717) is 0 Å². The van der Waals surface area contributed by atoms with Crippen LogP contribution >= 0.6 is 0 Å². The molecular formula is C23H30N2. The van der Waals surface area contributed by atoms with Gasteiger partial charge < -0.3 is 5.32 Å². The second kappa shape index (κ2) is 9.55. The average molecular weight is 335 g/mol. The highest BCUT2D eigenvalue weighted by Crippen LogP contribution is 2.18. The van der Waals surface area contributed by atoms with Gasteiger partial charge in [0.2, 0.25) is 0 Å². The molecule has 2 aromatic rings. The fourth-order valence-electron chi connectivity index (χ4n) is 3.55. The summed E-state index contributed by atoms with van der Waals surface area (Å²) in [5, 5.41) is 3.65. The Morgan fingerprint density at radius 2 is 1.64 bits per heavy atom. The highest BCUT2D eigenvalue weighted by atomic mass is 15.1. The van der Waals surface area contributed by atoms with E-state index in [1.54, 1.807) is 0 Å². The summed E-state index contributed by atoms with van der Waals surface area (Å²) < 4.78 is 0. The van der Waals surface area contributed by atoms with Gasteiger partial charge in [-0.15, -0.1) is 0 Å². The lowest BCUT2D eigenvalue weighted by Gasteiger charge is -2.32. The minimum absolute atomic E-state index is 0.816. The van der Waals surface area contributed by atoms with E-state index < -0.39 is 0 Å². The Morgan fingerprint density at radius 3 is 2.32 bits per heavy atom. The molecule has 1 heterocycles. The minimum atomic E-state index is 0.816. The van der Waals surface area contributed by atoms with Crippen LogP contribution in [0.25, 0.3) is 6.08 Å². The third-order valence-corrected chi connectivity index (χ3v) is 5.01. The predicted molar refractivity (Wildman–Crippen MR) is 107 cm³/mol.